The zero-order valence-electron chi connectivity index (χ0n) is 11.2. The molecule has 0 bridgehead atoms. The van der Waals surface area contributed by atoms with Crippen molar-refractivity contribution in [3.63, 3.8) is 0 Å². The van der Waals surface area contributed by atoms with Crippen LogP contribution in [-0.4, -0.2) is 0 Å². The molecule has 3 unspecified atom stereocenters. The van der Waals surface area contributed by atoms with Gasteiger partial charge in [0.25, 0.3) is 0 Å². The molecule has 0 fully saturated rings. The fraction of sp³-hybridized carbons (Fsp3) is 0.733. The van der Waals surface area contributed by atoms with Crippen LogP contribution in [0.1, 0.15) is 53.9 Å². The summed E-state index contributed by atoms with van der Waals surface area (Å²) in [6.45, 7) is 11.3. The Hall–Kier alpha value is -0.520. The van der Waals surface area contributed by atoms with Crippen molar-refractivity contribution in [3.8, 4) is 0 Å². The molecule has 0 radical (unpaired) electrons. The summed E-state index contributed by atoms with van der Waals surface area (Å²) in [5.74, 6) is 2.27. The molecule has 0 aromatic rings. The van der Waals surface area contributed by atoms with Crippen LogP contribution in [0.2, 0.25) is 0 Å². The van der Waals surface area contributed by atoms with E-state index in [4.69, 9.17) is 0 Å². The molecule has 3 atom stereocenters. The van der Waals surface area contributed by atoms with Gasteiger partial charge in [0, 0.05) is 0 Å². The van der Waals surface area contributed by atoms with Gasteiger partial charge >= 0.3 is 0 Å². The molecule has 15 heavy (non-hydrogen) atoms. The van der Waals surface area contributed by atoms with Crippen LogP contribution in [-0.2, 0) is 0 Å². The molecule has 0 aromatic heterocycles. The van der Waals surface area contributed by atoms with E-state index in [1.807, 2.05) is 0 Å². The first-order chi connectivity index (χ1) is 7.15. The Bertz CT molecular complexity index is 188. The van der Waals surface area contributed by atoms with Crippen molar-refractivity contribution in [1.29, 1.82) is 0 Å². The summed E-state index contributed by atoms with van der Waals surface area (Å²) in [4.78, 5) is 0. The molecule has 0 N–H and O–H groups in total. The maximum atomic E-state index is 2.42. The first-order valence-corrected chi connectivity index (χ1v) is 6.45. The van der Waals surface area contributed by atoms with Crippen LogP contribution in [0.3, 0.4) is 0 Å². The SMILES string of the molecule is CC=CC(C)CC=CC(CC)C(C)CC. The van der Waals surface area contributed by atoms with Crippen molar-refractivity contribution >= 4 is 0 Å². The van der Waals surface area contributed by atoms with Gasteiger partial charge in [0.05, 0.1) is 0 Å². The van der Waals surface area contributed by atoms with E-state index in [0.29, 0.717) is 5.92 Å². The Kier molecular flexibility index (Phi) is 8.46. The second kappa shape index (κ2) is 8.76. The normalized spacial score (nSPS) is 18.5. The van der Waals surface area contributed by atoms with Gasteiger partial charge in [-0.15, -0.1) is 0 Å². The summed E-state index contributed by atoms with van der Waals surface area (Å²) < 4.78 is 0. The Morgan fingerprint density at radius 2 is 1.67 bits per heavy atom. The average molecular weight is 208 g/mol. The lowest BCUT2D eigenvalue weighted by molar-refractivity contribution is 0.405. The van der Waals surface area contributed by atoms with Crippen LogP contribution in [0.15, 0.2) is 24.3 Å². The molecule has 0 saturated carbocycles. The summed E-state index contributed by atoms with van der Waals surface area (Å²) in [5, 5.41) is 0. The standard InChI is InChI=1S/C15H28/c1-6-10-13(4)11-9-12-15(8-3)14(5)7-2/h6,9-10,12-15H,7-8,11H2,1-5H3. The molecule has 0 aliphatic heterocycles. The number of allylic oxidation sites excluding steroid dienone is 4. The third-order valence-corrected chi connectivity index (χ3v) is 3.26. The molecule has 0 rings (SSSR count). The Morgan fingerprint density at radius 3 is 2.13 bits per heavy atom. The molecule has 0 aliphatic rings. The lowest BCUT2D eigenvalue weighted by Crippen LogP contribution is -2.06. The van der Waals surface area contributed by atoms with E-state index in [1.165, 1.54) is 19.3 Å². The maximum Gasteiger partial charge on any atom is -0.0210 e. The highest BCUT2D eigenvalue weighted by Crippen LogP contribution is 2.20. The van der Waals surface area contributed by atoms with Gasteiger partial charge < -0.3 is 0 Å². The molecule has 0 spiro atoms. The van der Waals surface area contributed by atoms with Crippen LogP contribution in [0.5, 0.6) is 0 Å². The van der Waals surface area contributed by atoms with Gasteiger partial charge in [-0.1, -0.05) is 58.4 Å². The van der Waals surface area contributed by atoms with Crippen molar-refractivity contribution in [1.82, 2.24) is 0 Å². The molecule has 0 saturated heterocycles. The molecule has 0 heteroatoms. The predicted octanol–water partition coefficient (Wildman–Crippen LogP) is 5.22. The topological polar surface area (TPSA) is 0 Å². The molecule has 0 heterocycles. The first-order valence-electron chi connectivity index (χ1n) is 6.45. The Labute approximate surface area is 96.5 Å². The lowest BCUT2D eigenvalue weighted by atomic mass is 9.89. The summed E-state index contributed by atoms with van der Waals surface area (Å²) in [6.07, 6.45) is 12.9. The summed E-state index contributed by atoms with van der Waals surface area (Å²) in [5.41, 5.74) is 0. The first kappa shape index (κ1) is 14.5. The van der Waals surface area contributed by atoms with Gasteiger partial charge in [0.15, 0.2) is 0 Å². The predicted molar refractivity (Wildman–Crippen MR) is 71.0 cm³/mol. The van der Waals surface area contributed by atoms with Crippen molar-refractivity contribution in [2.75, 3.05) is 0 Å². The highest BCUT2D eigenvalue weighted by Gasteiger charge is 2.09. The number of rotatable bonds is 7. The molecular formula is C15H28. The molecule has 0 nitrogen and oxygen atoms in total. The van der Waals surface area contributed by atoms with E-state index >= 15 is 0 Å². The van der Waals surface area contributed by atoms with Gasteiger partial charge in [0.1, 0.15) is 0 Å². The fourth-order valence-corrected chi connectivity index (χ4v) is 1.91. The average Bonchev–Trinajstić information content (AvgIpc) is 2.24. The van der Waals surface area contributed by atoms with Gasteiger partial charge in [-0.25, -0.2) is 0 Å². The second-order valence-corrected chi connectivity index (χ2v) is 4.62. The monoisotopic (exact) mass is 208 g/mol. The minimum atomic E-state index is 0.681. The molecule has 0 amide bonds. The zero-order valence-corrected chi connectivity index (χ0v) is 11.2. The molecular weight excluding hydrogens is 180 g/mol. The van der Waals surface area contributed by atoms with E-state index < -0.39 is 0 Å². The fourth-order valence-electron chi connectivity index (χ4n) is 1.91. The highest BCUT2D eigenvalue weighted by atomic mass is 14.1. The maximum absolute atomic E-state index is 2.42. The second-order valence-electron chi connectivity index (χ2n) is 4.62. The third kappa shape index (κ3) is 6.54. The number of hydrogen-bond acceptors (Lipinski definition) is 0. The van der Waals surface area contributed by atoms with Crippen LogP contribution in [0.4, 0.5) is 0 Å². The van der Waals surface area contributed by atoms with Crippen molar-refractivity contribution in [2.24, 2.45) is 17.8 Å². The minimum absolute atomic E-state index is 0.681. The minimum Gasteiger partial charge on any atom is -0.0914 e. The van der Waals surface area contributed by atoms with Crippen molar-refractivity contribution in [2.45, 2.75) is 53.9 Å². The van der Waals surface area contributed by atoms with E-state index in [9.17, 15) is 0 Å². The van der Waals surface area contributed by atoms with Crippen LogP contribution >= 0.6 is 0 Å². The largest absolute Gasteiger partial charge is 0.0914 e. The van der Waals surface area contributed by atoms with E-state index in [2.05, 4.69) is 58.9 Å². The van der Waals surface area contributed by atoms with Gasteiger partial charge in [-0.3, -0.25) is 0 Å². The van der Waals surface area contributed by atoms with Crippen LogP contribution < -0.4 is 0 Å². The van der Waals surface area contributed by atoms with Crippen molar-refractivity contribution in [3.05, 3.63) is 24.3 Å². The van der Waals surface area contributed by atoms with E-state index in [0.717, 1.165) is 11.8 Å². The Morgan fingerprint density at radius 1 is 1.00 bits per heavy atom. The van der Waals surface area contributed by atoms with Gasteiger partial charge in [-0.05, 0) is 37.5 Å². The van der Waals surface area contributed by atoms with Crippen LogP contribution in [0.25, 0.3) is 0 Å². The van der Waals surface area contributed by atoms with Gasteiger partial charge in [0.2, 0.25) is 0 Å². The molecule has 0 aromatic carbocycles. The quantitative estimate of drug-likeness (QED) is 0.503. The van der Waals surface area contributed by atoms with E-state index in [-0.39, 0.29) is 0 Å². The smallest absolute Gasteiger partial charge is 0.0210 e. The summed E-state index contributed by atoms with van der Waals surface area (Å²) in [7, 11) is 0. The van der Waals surface area contributed by atoms with Crippen LogP contribution in [0, 0.1) is 17.8 Å². The van der Waals surface area contributed by atoms with E-state index in [1.54, 1.807) is 0 Å². The zero-order chi connectivity index (χ0) is 11.7. The summed E-state index contributed by atoms with van der Waals surface area (Å²) in [6, 6.07) is 0. The third-order valence-electron chi connectivity index (χ3n) is 3.26. The van der Waals surface area contributed by atoms with Crippen molar-refractivity contribution < 1.29 is 0 Å². The molecule has 88 valence electrons. The van der Waals surface area contributed by atoms with Gasteiger partial charge in [-0.2, -0.15) is 0 Å². The number of hydrogen-bond donors (Lipinski definition) is 0. The Balaban J connectivity index is 4.01. The molecule has 0 aliphatic carbocycles. The lowest BCUT2D eigenvalue weighted by Gasteiger charge is -2.17. The summed E-state index contributed by atoms with van der Waals surface area (Å²) >= 11 is 0. The highest BCUT2D eigenvalue weighted by molar-refractivity contribution is 4.94.